The number of hydrogen-bond acceptors (Lipinski definition) is 4. The molecule has 0 fully saturated rings. The van der Waals surface area contributed by atoms with Gasteiger partial charge in [0, 0.05) is 13.0 Å². The summed E-state index contributed by atoms with van der Waals surface area (Å²) in [5.74, 6) is -0.146. The molecule has 18 heavy (non-hydrogen) atoms. The van der Waals surface area contributed by atoms with Gasteiger partial charge in [0.25, 0.3) is 0 Å². The van der Waals surface area contributed by atoms with Gasteiger partial charge in [-0.3, -0.25) is 4.79 Å². The normalized spacial score (nSPS) is 22.9. The van der Waals surface area contributed by atoms with E-state index >= 15 is 0 Å². The van der Waals surface area contributed by atoms with Crippen LogP contribution in [0.5, 0.6) is 0 Å². The van der Waals surface area contributed by atoms with Crippen molar-refractivity contribution in [2.75, 3.05) is 13.7 Å². The molecule has 0 aromatic carbocycles. The Morgan fingerprint density at radius 3 is 2.56 bits per heavy atom. The molecule has 1 N–H and O–H groups in total. The smallest absolute Gasteiger partial charge is 0.408 e. The van der Waals surface area contributed by atoms with E-state index in [0.717, 1.165) is 0 Å². The van der Waals surface area contributed by atoms with Gasteiger partial charge in [0.15, 0.2) is 5.78 Å². The van der Waals surface area contributed by atoms with E-state index in [0.29, 0.717) is 6.42 Å². The first-order chi connectivity index (χ1) is 8.31. The zero-order valence-electron chi connectivity index (χ0n) is 11.4. The van der Waals surface area contributed by atoms with E-state index in [1.54, 1.807) is 0 Å². The molecule has 0 aromatic heterocycles. The van der Waals surface area contributed by atoms with Crippen LogP contribution in [0.1, 0.15) is 27.2 Å². The highest BCUT2D eigenvalue weighted by Gasteiger charge is 2.26. The minimum Gasteiger partial charge on any atom is -0.444 e. The van der Waals surface area contributed by atoms with E-state index in [1.807, 2.05) is 32.9 Å². The second kappa shape index (κ2) is 6.00. The lowest BCUT2D eigenvalue weighted by Crippen LogP contribution is -2.38. The van der Waals surface area contributed by atoms with Crippen molar-refractivity contribution in [2.45, 2.75) is 38.8 Å². The molecule has 1 aliphatic carbocycles. The fraction of sp³-hybridized carbons (Fsp3) is 0.692. The van der Waals surface area contributed by atoms with Crippen LogP contribution in [-0.4, -0.2) is 37.2 Å². The van der Waals surface area contributed by atoms with Gasteiger partial charge in [-0.05, 0) is 27.2 Å². The summed E-state index contributed by atoms with van der Waals surface area (Å²) >= 11 is 0. The fourth-order valence-electron chi connectivity index (χ4n) is 1.75. The Morgan fingerprint density at radius 1 is 1.33 bits per heavy atom. The van der Waals surface area contributed by atoms with Crippen molar-refractivity contribution in [2.24, 2.45) is 5.92 Å². The molecule has 1 amide bonds. The Labute approximate surface area is 108 Å². The third kappa shape index (κ3) is 4.87. The van der Waals surface area contributed by atoms with Gasteiger partial charge in [-0.1, -0.05) is 12.2 Å². The monoisotopic (exact) mass is 255 g/mol. The molecule has 1 aliphatic rings. The van der Waals surface area contributed by atoms with Crippen LogP contribution in [0.3, 0.4) is 0 Å². The van der Waals surface area contributed by atoms with Crippen molar-refractivity contribution in [3.05, 3.63) is 12.2 Å². The summed E-state index contributed by atoms with van der Waals surface area (Å²) in [6, 6.07) is -0.148. The van der Waals surface area contributed by atoms with Crippen LogP contribution >= 0.6 is 0 Å². The van der Waals surface area contributed by atoms with Crippen molar-refractivity contribution in [3.63, 3.8) is 0 Å². The van der Waals surface area contributed by atoms with E-state index in [9.17, 15) is 9.59 Å². The molecule has 2 unspecified atom stereocenters. The molecule has 0 radical (unpaired) electrons. The van der Waals surface area contributed by atoms with Gasteiger partial charge < -0.3 is 14.8 Å². The number of methoxy groups -OCH3 is 1. The second-order valence-corrected chi connectivity index (χ2v) is 5.38. The van der Waals surface area contributed by atoms with Crippen LogP contribution in [0, 0.1) is 5.92 Å². The van der Waals surface area contributed by atoms with Gasteiger partial charge in [-0.2, -0.15) is 0 Å². The zero-order valence-corrected chi connectivity index (χ0v) is 11.4. The van der Waals surface area contributed by atoms with Crippen molar-refractivity contribution in [3.8, 4) is 0 Å². The first-order valence-electron chi connectivity index (χ1n) is 6.01. The highest BCUT2D eigenvalue weighted by molar-refractivity contribution is 5.84. The van der Waals surface area contributed by atoms with Crippen molar-refractivity contribution in [1.29, 1.82) is 0 Å². The van der Waals surface area contributed by atoms with E-state index in [4.69, 9.17) is 9.47 Å². The number of carbonyl (C=O) groups is 2. The van der Waals surface area contributed by atoms with Crippen LogP contribution in [0.15, 0.2) is 12.2 Å². The molecule has 102 valence electrons. The summed E-state index contributed by atoms with van der Waals surface area (Å²) in [7, 11) is 1.49. The quantitative estimate of drug-likeness (QED) is 0.776. The third-order valence-corrected chi connectivity index (χ3v) is 2.49. The Balaban J connectivity index is 2.38. The first-order valence-corrected chi connectivity index (χ1v) is 6.01. The summed E-state index contributed by atoms with van der Waals surface area (Å²) in [6.07, 6.45) is 3.74. The molecule has 0 bridgehead atoms. The lowest BCUT2D eigenvalue weighted by Gasteiger charge is -2.21. The average Bonchev–Trinajstić information content (AvgIpc) is 2.63. The van der Waals surface area contributed by atoms with E-state index in [2.05, 4.69) is 5.32 Å². The zero-order chi connectivity index (χ0) is 13.8. The predicted octanol–water partition coefficient (Wildman–Crippen LogP) is 1.67. The molecule has 0 heterocycles. The van der Waals surface area contributed by atoms with E-state index < -0.39 is 11.7 Å². The SMILES string of the molecule is COCC(=O)C1C=CC(NC(=O)OC(C)(C)C)C1. The van der Waals surface area contributed by atoms with Crippen LogP contribution in [0.4, 0.5) is 4.79 Å². The van der Waals surface area contributed by atoms with Gasteiger partial charge in [0.05, 0.1) is 6.04 Å². The lowest BCUT2D eigenvalue weighted by atomic mass is 10.0. The minimum absolute atomic E-state index is 0.0299. The largest absolute Gasteiger partial charge is 0.444 e. The van der Waals surface area contributed by atoms with Gasteiger partial charge in [-0.25, -0.2) is 4.79 Å². The molecule has 0 saturated carbocycles. The van der Waals surface area contributed by atoms with Crippen molar-refractivity contribution < 1.29 is 19.1 Å². The summed E-state index contributed by atoms with van der Waals surface area (Å²) in [5.41, 5.74) is -0.516. The fourth-order valence-corrected chi connectivity index (χ4v) is 1.75. The van der Waals surface area contributed by atoms with Crippen LogP contribution in [-0.2, 0) is 14.3 Å². The number of alkyl carbamates (subject to hydrolysis) is 1. The number of hydrogen-bond donors (Lipinski definition) is 1. The highest BCUT2D eigenvalue weighted by atomic mass is 16.6. The van der Waals surface area contributed by atoms with Crippen LogP contribution in [0.2, 0.25) is 0 Å². The summed E-state index contributed by atoms with van der Waals surface area (Å²) in [6.45, 7) is 5.53. The number of rotatable bonds is 4. The molecule has 0 aliphatic heterocycles. The van der Waals surface area contributed by atoms with Gasteiger partial charge in [0.1, 0.15) is 12.2 Å². The average molecular weight is 255 g/mol. The predicted molar refractivity (Wildman–Crippen MR) is 67.3 cm³/mol. The summed E-state index contributed by atoms with van der Waals surface area (Å²) in [4.78, 5) is 23.1. The van der Waals surface area contributed by atoms with Crippen LogP contribution < -0.4 is 5.32 Å². The molecule has 5 nitrogen and oxygen atoms in total. The van der Waals surface area contributed by atoms with Gasteiger partial charge in [0.2, 0.25) is 0 Å². The topological polar surface area (TPSA) is 64.6 Å². The lowest BCUT2D eigenvalue weighted by molar-refractivity contribution is -0.125. The van der Waals surface area contributed by atoms with E-state index in [-0.39, 0.29) is 24.3 Å². The molecule has 0 saturated heterocycles. The number of nitrogens with one attached hydrogen (secondary N) is 1. The first kappa shape index (κ1) is 14.7. The Morgan fingerprint density at radius 2 is 2.00 bits per heavy atom. The number of ether oxygens (including phenoxy) is 2. The summed E-state index contributed by atoms with van der Waals surface area (Å²) in [5, 5.41) is 2.72. The number of Topliss-reactive ketones (excluding diaryl/α,β-unsaturated/α-hetero) is 1. The van der Waals surface area contributed by atoms with Crippen molar-refractivity contribution in [1.82, 2.24) is 5.32 Å². The number of ketones is 1. The highest BCUT2D eigenvalue weighted by Crippen LogP contribution is 2.19. The number of allylic oxidation sites excluding steroid dienone is 1. The maximum absolute atomic E-state index is 11.6. The van der Waals surface area contributed by atoms with Gasteiger partial charge >= 0.3 is 6.09 Å². The maximum Gasteiger partial charge on any atom is 0.408 e. The molecule has 5 heteroatoms. The Kier molecular flexibility index (Phi) is 4.90. The summed E-state index contributed by atoms with van der Waals surface area (Å²) < 4.78 is 9.95. The van der Waals surface area contributed by atoms with E-state index in [1.165, 1.54) is 7.11 Å². The molecule has 0 aromatic rings. The molecular weight excluding hydrogens is 234 g/mol. The molecule has 1 rings (SSSR count). The second-order valence-electron chi connectivity index (χ2n) is 5.38. The minimum atomic E-state index is -0.516. The Bertz CT molecular complexity index is 343. The molecular formula is C13H21NO4. The molecule has 0 spiro atoms. The molecule has 2 atom stereocenters. The maximum atomic E-state index is 11.6. The van der Waals surface area contributed by atoms with Crippen molar-refractivity contribution >= 4 is 11.9 Å². The standard InChI is InChI=1S/C13H21NO4/c1-13(2,3)18-12(16)14-10-6-5-9(7-10)11(15)8-17-4/h5-6,9-10H,7-8H2,1-4H3,(H,14,16). The van der Waals surface area contributed by atoms with Gasteiger partial charge in [-0.15, -0.1) is 0 Å². The third-order valence-electron chi connectivity index (χ3n) is 2.49. The Hall–Kier alpha value is -1.36. The number of amides is 1. The van der Waals surface area contributed by atoms with Crippen LogP contribution in [0.25, 0.3) is 0 Å². The number of carbonyl (C=O) groups excluding carboxylic acids is 2.